The number of alkyl halides is 3. The Labute approximate surface area is 213 Å². The summed E-state index contributed by atoms with van der Waals surface area (Å²) in [5, 5.41) is 3.28. The van der Waals surface area contributed by atoms with Crippen LogP contribution < -0.4 is 19.7 Å². The van der Waals surface area contributed by atoms with Gasteiger partial charge < -0.3 is 19.7 Å². The summed E-state index contributed by atoms with van der Waals surface area (Å²) in [6.07, 6.45) is -3.26. The van der Waals surface area contributed by atoms with Crippen LogP contribution in [0.4, 0.5) is 18.9 Å². The van der Waals surface area contributed by atoms with E-state index in [-0.39, 0.29) is 5.91 Å². The van der Waals surface area contributed by atoms with E-state index in [1.165, 1.54) is 19.2 Å². The van der Waals surface area contributed by atoms with E-state index in [1.807, 2.05) is 11.0 Å². The molecule has 1 unspecified atom stereocenters. The molecule has 0 fully saturated rings. The molecule has 1 N–H and O–H groups in total. The largest absolute Gasteiger partial charge is 0.493 e. The number of likely N-dealkylation sites (N-methyl/N-ethyl adjacent to an activating group) is 1. The van der Waals surface area contributed by atoms with E-state index in [4.69, 9.17) is 21.1 Å². The van der Waals surface area contributed by atoms with Gasteiger partial charge in [0.15, 0.2) is 11.5 Å². The molecule has 9 heteroatoms. The number of rotatable bonds is 10. The first kappa shape index (κ1) is 27.2. The van der Waals surface area contributed by atoms with Crippen molar-refractivity contribution in [2.24, 2.45) is 0 Å². The van der Waals surface area contributed by atoms with Crippen LogP contribution in [0, 0.1) is 0 Å². The van der Waals surface area contributed by atoms with Crippen molar-refractivity contribution in [2.45, 2.75) is 25.1 Å². The van der Waals surface area contributed by atoms with Crippen molar-refractivity contribution in [3.63, 3.8) is 0 Å². The van der Waals surface area contributed by atoms with Gasteiger partial charge in [0, 0.05) is 30.4 Å². The molecule has 0 radical (unpaired) electrons. The Morgan fingerprint density at radius 3 is 2.17 bits per heavy atom. The van der Waals surface area contributed by atoms with Gasteiger partial charge in [-0.1, -0.05) is 35.9 Å². The van der Waals surface area contributed by atoms with Crippen LogP contribution in [0.25, 0.3) is 0 Å². The zero-order valence-corrected chi connectivity index (χ0v) is 21.0. The fraction of sp³-hybridized carbons (Fsp3) is 0.296. The number of hydrogen-bond donors (Lipinski definition) is 1. The van der Waals surface area contributed by atoms with Crippen molar-refractivity contribution < 1.29 is 27.4 Å². The van der Waals surface area contributed by atoms with Gasteiger partial charge >= 0.3 is 6.18 Å². The molecule has 5 nitrogen and oxygen atoms in total. The van der Waals surface area contributed by atoms with Gasteiger partial charge in [0.2, 0.25) is 5.91 Å². The van der Waals surface area contributed by atoms with Gasteiger partial charge in [-0.25, -0.2) is 0 Å². The average molecular weight is 521 g/mol. The predicted molar refractivity (Wildman–Crippen MR) is 135 cm³/mol. The third-order valence-corrected chi connectivity index (χ3v) is 6.09. The molecule has 0 aliphatic carbocycles. The Balaban J connectivity index is 1.93. The first-order chi connectivity index (χ1) is 17.2. The van der Waals surface area contributed by atoms with E-state index >= 15 is 0 Å². The van der Waals surface area contributed by atoms with E-state index in [9.17, 15) is 18.0 Å². The summed E-state index contributed by atoms with van der Waals surface area (Å²) >= 11 is 6.08. The third kappa shape index (κ3) is 6.63. The molecule has 36 heavy (non-hydrogen) atoms. The second-order valence-electron chi connectivity index (χ2n) is 8.10. The third-order valence-electron chi connectivity index (χ3n) is 5.84. The molecule has 0 aliphatic rings. The maximum Gasteiger partial charge on any atom is 0.416 e. The topological polar surface area (TPSA) is 50.8 Å². The molecule has 0 heterocycles. The van der Waals surface area contributed by atoms with Crippen molar-refractivity contribution in [1.29, 1.82) is 0 Å². The maximum atomic E-state index is 13.1. The van der Waals surface area contributed by atoms with Crippen LogP contribution in [0.5, 0.6) is 11.5 Å². The molecule has 0 aromatic heterocycles. The SMILES string of the molecule is CNC(=O)C(c1ccc(Cl)cc1)N(CCCc1ccc(C(F)(F)F)cc1)c1ccc(OC)c(OC)c1. The maximum absolute atomic E-state index is 13.1. The highest BCUT2D eigenvalue weighted by Crippen LogP contribution is 2.36. The van der Waals surface area contributed by atoms with Crippen molar-refractivity contribution in [1.82, 2.24) is 5.32 Å². The lowest BCUT2D eigenvalue weighted by Gasteiger charge is -2.33. The van der Waals surface area contributed by atoms with Crippen molar-refractivity contribution in [3.8, 4) is 11.5 Å². The lowest BCUT2D eigenvalue weighted by atomic mass is 10.0. The molecule has 3 rings (SSSR count). The quantitative estimate of drug-likeness (QED) is 0.341. The number of hydrogen-bond acceptors (Lipinski definition) is 4. The fourth-order valence-corrected chi connectivity index (χ4v) is 4.11. The summed E-state index contributed by atoms with van der Waals surface area (Å²) in [5.74, 6) is 0.838. The minimum Gasteiger partial charge on any atom is -0.493 e. The summed E-state index contributed by atoms with van der Waals surface area (Å²) in [5.41, 5.74) is 1.56. The Morgan fingerprint density at radius 2 is 1.61 bits per heavy atom. The van der Waals surface area contributed by atoms with Crippen LogP contribution in [0.3, 0.4) is 0 Å². The van der Waals surface area contributed by atoms with Crippen LogP contribution in [0.2, 0.25) is 5.02 Å². The number of nitrogens with zero attached hydrogens (tertiary/aromatic N) is 1. The Hall–Kier alpha value is -3.39. The summed E-state index contributed by atoms with van der Waals surface area (Å²) < 4.78 is 49.5. The van der Waals surface area contributed by atoms with E-state index in [0.717, 1.165) is 28.9 Å². The number of anilines is 1. The Morgan fingerprint density at radius 1 is 0.972 bits per heavy atom. The van der Waals surface area contributed by atoms with Crippen LogP contribution in [-0.2, 0) is 17.4 Å². The van der Waals surface area contributed by atoms with Crippen molar-refractivity contribution in [3.05, 3.63) is 88.4 Å². The Bertz CT molecular complexity index is 1150. The zero-order valence-electron chi connectivity index (χ0n) is 20.2. The van der Waals surface area contributed by atoms with E-state index in [2.05, 4.69) is 5.32 Å². The number of benzene rings is 3. The average Bonchev–Trinajstić information content (AvgIpc) is 2.88. The summed E-state index contributed by atoms with van der Waals surface area (Å²) in [4.78, 5) is 15.0. The summed E-state index contributed by atoms with van der Waals surface area (Å²) in [6, 6.07) is 16.9. The first-order valence-corrected chi connectivity index (χ1v) is 11.7. The monoisotopic (exact) mass is 520 g/mol. The van der Waals surface area contributed by atoms with Crippen LogP contribution >= 0.6 is 11.6 Å². The standard InChI is InChI=1S/C27H28ClF3N2O3/c1-32-26(34)25(19-8-12-21(28)13-9-19)33(22-14-15-23(35-2)24(17-22)36-3)16-4-5-18-6-10-20(11-7-18)27(29,30)31/h6-15,17,25H,4-5,16H2,1-3H3,(H,32,34). The summed E-state index contributed by atoms with van der Waals surface area (Å²) in [6.45, 7) is 0.442. The highest BCUT2D eigenvalue weighted by atomic mass is 35.5. The number of aryl methyl sites for hydroxylation is 1. The lowest BCUT2D eigenvalue weighted by molar-refractivity contribution is -0.137. The van der Waals surface area contributed by atoms with Crippen molar-refractivity contribution >= 4 is 23.2 Å². The molecule has 0 saturated heterocycles. The number of halogens is 4. The number of ether oxygens (including phenoxy) is 2. The van der Waals surface area contributed by atoms with Gasteiger partial charge in [-0.15, -0.1) is 0 Å². The second kappa shape index (κ2) is 12.0. The second-order valence-corrected chi connectivity index (χ2v) is 8.54. The molecule has 192 valence electrons. The first-order valence-electron chi connectivity index (χ1n) is 11.3. The molecule has 3 aromatic rings. The summed E-state index contributed by atoms with van der Waals surface area (Å²) in [7, 11) is 4.65. The molecule has 0 bridgehead atoms. The highest BCUT2D eigenvalue weighted by Gasteiger charge is 2.30. The molecule has 0 aliphatic heterocycles. The van der Waals surface area contributed by atoms with Gasteiger partial charge in [-0.05, 0) is 60.4 Å². The molecular formula is C27H28ClF3N2O3. The van der Waals surface area contributed by atoms with Crippen molar-refractivity contribution in [2.75, 3.05) is 32.7 Å². The van der Waals surface area contributed by atoms with Gasteiger partial charge in [-0.3, -0.25) is 4.79 Å². The zero-order chi connectivity index (χ0) is 26.3. The smallest absolute Gasteiger partial charge is 0.416 e. The Kier molecular flexibility index (Phi) is 9.09. The molecule has 3 aromatic carbocycles. The van der Waals surface area contributed by atoms with Crippen LogP contribution in [0.15, 0.2) is 66.7 Å². The molecule has 1 atom stereocenters. The lowest BCUT2D eigenvalue weighted by Crippen LogP contribution is -2.40. The number of carbonyl (C=O) groups is 1. The van der Waals surface area contributed by atoms with E-state index in [1.54, 1.807) is 50.6 Å². The van der Waals surface area contributed by atoms with Crippen LogP contribution in [0.1, 0.15) is 29.2 Å². The number of nitrogens with one attached hydrogen (secondary N) is 1. The molecular weight excluding hydrogens is 493 g/mol. The number of methoxy groups -OCH3 is 2. The fourth-order valence-electron chi connectivity index (χ4n) is 3.98. The van der Waals surface area contributed by atoms with Gasteiger partial charge in [-0.2, -0.15) is 13.2 Å². The van der Waals surface area contributed by atoms with E-state index < -0.39 is 17.8 Å². The van der Waals surface area contributed by atoms with Crippen LogP contribution in [-0.4, -0.2) is 33.7 Å². The number of amides is 1. The molecule has 0 spiro atoms. The highest BCUT2D eigenvalue weighted by molar-refractivity contribution is 6.30. The van der Waals surface area contributed by atoms with Gasteiger partial charge in [0.05, 0.1) is 19.8 Å². The molecule has 0 saturated carbocycles. The number of carbonyl (C=O) groups excluding carboxylic acids is 1. The van der Waals surface area contributed by atoms with Gasteiger partial charge in [0.1, 0.15) is 6.04 Å². The minimum absolute atomic E-state index is 0.221. The normalized spacial score (nSPS) is 12.1. The molecule has 1 amide bonds. The minimum atomic E-state index is -4.37. The van der Waals surface area contributed by atoms with Gasteiger partial charge in [0.25, 0.3) is 0 Å². The predicted octanol–water partition coefficient (Wildman–Crippen LogP) is 6.30. The van der Waals surface area contributed by atoms with E-state index in [0.29, 0.717) is 35.9 Å².